The van der Waals surface area contributed by atoms with Crippen LogP contribution in [0, 0.1) is 0 Å². The van der Waals surface area contributed by atoms with Crippen molar-refractivity contribution in [2.24, 2.45) is 0 Å². The van der Waals surface area contributed by atoms with E-state index in [1.54, 1.807) is 14.0 Å². The fraction of sp³-hybridized carbons (Fsp3) is 0.294. The Morgan fingerprint density at radius 2 is 1.90 bits per heavy atom. The van der Waals surface area contributed by atoms with Gasteiger partial charge in [0.15, 0.2) is 5.78 Å². The second kappa shape index (κ2) is 6.39. The van der Waals surface area contributed by atoms with Crippen LogP contribution in [0.1, 0.15) is 29.8 Å². The molecule has 0 aliphatic heterocycles. The number of hydrogen-bond donors (Lipinski definition) is 1. The monoisotopic (exact) mass is 285 g/mol. The molecule has 1 N–H and O–H groups in total. The van der Waals surface area contributed by atoms with Crippen LogP contribution >= 0.6 is 0 Å². The number of carbonyl (C=O) groups is 2. The van der Waals surface area contributed by atoms with Gasteiger partial charge < -0.3 is 10.1 Å². The summed E-state index contributed by atoms with van der Waals surface area (Å²) < 4.78 is 5.26. The fourth-order valence-electron chi connectivity index (χ4n) is 2.32. The summed E-state index contributed by atoms with van der Waals surface area (Å²) in [6, 6.07) is 9.57. The highest BCUT2D eigenvalue weighted by Gasteiger charge is 2.08. The van der Waals surface area contributed by atoms with E-state index in [1.165, 1.54) is 6.92 Å². The molecular weight excluding hydrogens is 266 g/mol. The third-order valence-corrected chi connectivity index (χ3v) is 3.42. The molecule has 0 radical (unpaired) electrons. The number of nitrogens with one attached hydrogen (secondary N) is 1. The van der Waals surface area contributed by atoms with Gasteiger partial charge in [-0.1, -0.05) is 6.07 Å². The fourth-order valence-corrected chi connectivity index (χ4v) is 2.32. The van der Waals surface area contributed by atoms with E-state index in [2.05, 4.69) is 5.32 Å². The maximum absolute atomic E-state index is 11.7. The quantitative estimate of drug-likeness (QED) is 0.859. The summed E-state index contributed by atoms with van der Waals surface area (Å²) in [6.45, 7) is 3.60. The molecule has 4 heteroatoms. The van der Waals surface area contributed by atoms with Gasteiger partial charge in [0.1, 0.15) is 5.75 Å². The molecular formula is C17H19NO3. The van der Waals surface area contributed by atoms with Crippen LogP contribution in [0.3, 0.4) is 0 Å². The molecule has 0 aromatic heterocycles. The standard InChI is InChI=1S/C17H19NO3/c1-11(19)15-8-13-4-5-16(21-3)10-17(13)14(9-15)6-7-18-12(2)20/h4-5,8-10H,6-7H2,1-3H3,(H,18,20). The van der Waals surface area contributed by atoms with E-state index in [1.807, 2.05) is 30.3 Å². The number of benzene rings is 2. The largest absolute Gasteiger partial charge is 0.497 e. The summed E-state index contributed by atoms with van der Waals surface area (Å²) in [4.78, 5) is 22.6. The molecule has 0 bridgehead atoms. The Morgan fingerprint density at radius 1 is 1.14 bits per heavy atom. The van der Waals surface area contributed by atoms with E-state index in [0.29, 0.717) is 18.5 Å². The molecule has 2 rings (SSSR count). The molecule has 0 unspecified atom stereocenters. The first-order valence-corrected chi connectivity index (χ1v) is 6.87. The van der Waals surface area contributed by atoms with Crippen molar-refractivity contribution in [3.63, 3.8) is 0 Å². The van der Waals surface area contributed by atoms with Crippen LogP contribution in [0.5, 0.6) is 5.75 Å². The summed E-state index contributed by atoms with van der Waals surface area (Å²) in [7, 11) is 1.63. The smallest absolute Gasteiger partial charge is 0.216 e. The number of ketones is 1. The minimum Gasteiger partial charge on any atom is -0.497 e. The summed E-state index contributed by atoms with van der Waals surface area (Å²) in [5, 5.41) is 4.83. The Bertz CT molecular complexity index is 692. The van der Waals surface area contributed by atoms with Crippen LogP contribution in [-0.4, -0.2) is 25.3 Å². The Hall–Kier alpha value is -2.36. The van der Waals surface area contributed by atoms with Gasteiger partial charge in [0, 0.05) is 19.0 Å². The number of amides is 1. The first-order valence-electron chi connectivity index (χ1n) is 6.87. The molecule has 110 valence electrons. The Kier molecular flexibility index (Phi) is 4.58. The number of Topliss-reactive ketones (excluding diaryl/α,β-unsaturated/α-hetero) is 1. The molecule has 0 fully saturated rings. The highest BCUT2D eigenvalue weighted by atomic mass is 16.5. The van der Waals surface area contributed by atoms with Crippen molar-refractivity contribution in [1.82, 2.24) is 5.32 Å². The van der Waals surface area contributed by atoms with Gasteiger partial charge in [-0.3, -0.25) is 9.59 Å². The molecule has 0 atom stereocenters. The highest BCUT2D eigenvalue weighted by Crippen LogP contribution is 2.26. The highest BCUT2D eigenvalue weighted by molar-refractivity contribution is 6.00. The number of hydrogen-bond acceptors (Lipinski definition) is 3. The molecule has 0 heterocycles. The van der Waals surface area contributed by atoms with Crippen molar-refractivity contribution in [1.29, 1.82) is 0 Å². The van der Waals surface area contributed by atoms with Crippen LogP contribution in [0.2, 0.25) is 0 Å². The van der Waals surface area contributed by atoms with Gasteiger partial charge in [0.05, 0.1) is 7.11 Å². The van der Waals surface area contributed by atoms with E-state index in [9.17, 15) is 9.59 Å². The van der Waals surface area contributed by atoms with Crippen molar-refractivity contribution in [3.8, 4) is 5.75 Å². The van der Waals surface area contributed by atoms with Gasteiger partial charge in [0.2, 0.25) is 5.91 Å². The molecule has 21 heavy (non-hydrogen) atoms. The number of fused-ring (bicyclic) bond motifs is 1. The molecule has 0 aliphatic rings. The van der Waals surface area contributed by atoms with Crippen molar-refractivity contribution < 1.29 is 14.3 Å². The zero-order valence-electron chi connectivity index (χ0n) is 12.5. The summed E-state index contributed by atoms with van der Waals surface area (Å²) in [5.41, 5.74) is 1.72. The van der Waals surface area contributed by atoms with Crippen LogP contribution in [-0.2, 0) is 11.2 Å². The van der Waals surface area contributed by atoms with Crippen molar-refractivity contribution >= 4 is 22.5 Å². The molecule has 0 saturated carbocycles. The molecule has 4 nitrogen and oxygen atoms in total. The first-order chi connectivity index (χ1) is 10.0. The second-order valence-corrected chi connectivity index (χ2v) is 5.01. The molecule has 0 saturated heterocycles. The second-order valence-electron chi connectivity index (χ2n) is 5.01. The number of carbonyl (C=O) groups excluding carboxylic acids is 2. The SMILES string of the molecule is COc1ccc2cc(C(C)=O)cc(CCNC(C)=O)c2c1. The van der Waals surface area contributed by atoms with Gasteiger partial charge >= 0.3 is 0 Å². The maximum Gasteiger partial charge on any atom is 0.216 e. The van der Waals surface area contributed by atoms with Crippen LogP contribution in [0.4, 0.5) is 0 Å². The van der Waals surface area contributed by atoms with Crippen LogP contribution in [0.25, 0.3) is 10.8 Å². The lowest BCUT2D eigenvalue weighted by Gasteiger charge is -2.11. The van der Waals surface area contributed by atoms with Crippen molar-refractivity contribution in [3.05, 3.63) is 41.5 Å². The lowest BCUT2D eigenvalue weighted by molar-refractivity contribution is -0.118. The van der Waals surface area contributed by atoms with E-state index < -0.39 is 0 Å². The average molecular weight is 285 g/mol. The molecule has 2 aromatic rings. The van der Waals surface area contributed by atoms with Gasteiger partial charge in [-0.05, 0) is 53.9 Å². The Morgan fingerprint density at radius 3 is 2.52 bits per heavy atom. The minimum absolute atomic E-state index is 0.0356. The number of methoxy groups -OCH3 is 1. The minimum atomic E-state index is -0.0559. The number of rotatable bonds is 5. The topological polar surface area (TPSA) is 55.4 Å². The zero-order valence-corrected chi connectivity index (χ0v) is 12.5. The van der Waals surface area contributed by atoms with E-state index >= 15 is 0 Å². The summed E-state index contributed by atoms with van der Waals surface area (Å²) in [6.07, 6.45) is 0.671. The van der Waals surface area contributed by atoms with Crippen molar-refractivity contribution in [2.45, 2.75) is 20.3 Å². The molecule has 0 spiro atoms. The van der Waals surface area contributed by atoms with E-state index in [-0.39, 0.29) is 11.7 Å². The normalized spacial score (nSPS) is 10.4. The zero-order chi connectivity index (χ0) is 15.4. The molecule has 2 aromatic carbocycles. The maximum atomic E-state index is 11.7. The number of ether oxygens (including phenoxy) is 1. The van der Waals surface area contributed by atoms with Gasteiger partial charge in [-0.15, -0.1) is 0 Å². The third kappa shape index (κ3) is 3.60. The lowest BCUT2D eigenvalue weighted by Crippen LogP contribution is -2.22. The average Bonchev–Trinajstić information content (AvgIpc) is 2.46. The molecule has 0 aliphatic carbocycles. The van der Waals surface area contributed by atoms with E-state index in [0.717, 1.165) is 22.1 Å². The summed E-state index contributed by atoms with van der Waals surface area (Å²) in [5.74, 6) is 0.756. The Balaban J connectivity index is 2.46. The van der Waals surface area contributed by atoms with Crippen molar-refractivity contribution in [2.75, 3.05) is 13.7 Å². The van der Waals surface area contributed by atoms with E-state index in [4.69, 9.17) is 4.74 Å². The summed E-state index contributed by atoms with van der Waals surface area (Å²) >= 11 is 0. The van der Waals surface area contributed by atoms with Gasteiger partial charge in [-0.25, -0.2) is 0 Å². The third-order valence-electron chi connectivity index (χ3n) is 3.42. The predicted molar refractivity (Wildman–Crippen MR) is 82.9 cm³/mol. The van der Waals surface area contributed by atoms with Crippen LogP contribution < -0.4 is 10.1 Å². The molecule has 1 amide bonds. The lowest BCUT2D eigenvalue weighted by atomic mass is 9.97. The van der Waals surface area contributed by atoms with Gasteiger partial charge in [-0.2, -0.15) is 0 Å². The predicted octanol–water partition coefficient (Wildman–Crippen LogP) is 2.73. The van der Waals surface area contributed by atoms with Crippen LogP contribution in [0.15, 0.2) is 30.3 Å². The Labute approximate surface area is 124 Å². The van der Waals surface area contributed by atoms with Gasteiger partial charge in [0.25, 0.3) is 0 Å². The first kappa shape index (κ1) is 15.0.